The maximum Gasteiger partial charge on any atom is 0.192 e. The second-order valence-corrected chi connectivity index (χ2v) is 15.9. The van der Waals surface area contributed by atoms with Crippen molar-refractivity contribution in [1.82, 2.24) is 0 Å². The minimum Gasteiger partial charge on any atom is -0.414 e. The van der Waals surface area contributed by atoms with Crippen molar-refractivity contribution in [2.45, 2.75) is 128 Å². The summed E-state index contributed by atoms with van der Waals surface area (Å²) >= 11 is 0. The first-order chi connectivity index (χ1) is 17.0. The van der Waals surface area contributed by atoms with Gasteiger partial charge in [-0.3, -0.25) is 9.59 Å². The summed E-state index contributed by atoms with van der Waals surface area (Å²) in [5.74, 6) is -0.315. The molecule has 0 amide bonds. The van der Waals surface area contributed by atoms with E-state index in [1.807, 2.05) is 0 Å². The van der Waals surface area contributed by atoms with Gasteiger partial charge in [0.05, 0.1) is 6.10 Å². The predicted octanol–water partition coefficient (Wildman–Crippen LogP) is 6.60. The lowest BCUT2D eigenvalue weighted by Crippen LogP contribution is -2.43. The van der Waals surface area contributed by atoms with E-state index in [4.69, 9.17) is 23.4 Å². The number of carbonyl (C=O) groups is 2. The Hall–Kier alpha value is -0.903. The van der Waals surface area contributed by atoms with Crippen molar-refractivity contribution in [3.8, 4) is 0 Å². The van der Waals surface area contributed by atoms with E-state index < -0.39 is 20.5 Å². The first kappa shape index (κ1) is 35.1. The van der Waals surface area contributed by atoms with E-state index in [1.165, 1.54) is 58.5 Å². The molecule has 0 saturated carbocycles. The molecule has 0 aliphatic heterocycles. The monoisotopic (exact) mass is 530 g/mol. The highest BCUT2D eigenvalue weighted by Gasteiger charge is 2.38. The normalized spacial score (nSPS) is 15.2. The van der Waals surface area contributed by atoms with Gasteiger partial charge in [-0.1, -0.05) is 72.1 Å². The standard InChI is InChI=1S/C28H54O7Si/c1-24(35-36(7,8)28(2,3)4)18-15-13-11-9-10-12-14-16-20-26(33-22-31-5)27(34-23-32-6)25(30)19-17-21-29/h17,19,21,24,26-27H,9-16,18,20,22-23H2,1-8H3/b19-17+/t24-,26+,27+/m0/s1. The van der Waals surface area contributed by atoms with Crippen LogP contribution >= 0.6 is 0 Å². The van der Waals surface area contributed by atoms with E-state index in [0.29, 0.717) is 18.8 Å². The molecule has 0 N–H and O–H groups in total. The van der Waals surface area contributed by atoms with Crippen LogP contribution in [0.4, 0.5) is 0 Å². The highest BCUT2D eigenvalue weighted by molar-refractivity contribution is 6.74. The second-order valence-electron chi connectivity index (χ2n) is 11.1. The third kappa shape index (κ3) is 16.0. The highest BCUT2D eigenvalue weighted by atomic mass is 28.4. The van der Waals surface area contributed by atoms with Gasteiger partial charge in [0.15, 0.2) is 14.1 Å². The summed E-state index contributed by atoms with van der Waals surface area (Å²) < 4.78 is 27.8. The van der Waals surface area contributed by atoms with Gasteiger partial charge < -0.3 is 23.4 Å². The zero-order chi connectivity index (χ0) is 27.5. The Morgan fingerprint density at radius 1 is 0.833 bits per heavy atom. The van der Waals surface area contributed by atoms with Crippen molar-refractivity contribution in [2.24, 2.45) is 0 Å². The first-order valence-corrected chi connectivity index (χ1v) is 16.5. The Bertz CT molecular complexity index is 601. The van der Waals surface area contributed by atoms with Gasteiger partial charge in [0, 0.05) is 20.3 Å². The minimum atomic E-state index is -1.67. The van der Waals surface area contributed by atoms with Gasteiger partial charge in [-0.2, -0.15) is 0 Å². The molecule has 0 aromatic carbocycles. The van der Waals surface area contributed by atoms with E-state index in [0.717, 1.165) is 25.7 Å². The Morgan fingerprint density at radius 3 is 1.83 bits per heavy atom. The quantitative estimate of drug-likeness (QED) is 0.0484. The lowest BCUT2D eigenvalue weighted by Gasteiger charge is -2.38. The van der Waals surface area contributed by atoms with Crippen LogP contribution in [0.2, 0.25) is 18.1 Å². The molecular weight excluding hydrogens is 476 g/mol. The number of unbranched alkanes of at least 4 members (excludes halogenated alkanes) is 7. The fourth-order valence-corrected chi connectivity index (χ4v) is 5.27. The smallest absolute Gasteiger partial charge is 0.192 e. The van der Waals surface area contributed by atoms with Gasteiger partial charge >= 0.3 is 0 Å². The number of carbonyl (C=O) groups excluding carboxylic acids is 2. The molecule has 0 aromatic rings. The van der Waals surface area contributed by atoms with Crippen LogP contribution in [0.15, 0.2) is 12.2 Å². The molecule has 0 aliphatic carbocycles. The van der Waals surface area contributed by atoms with Crippen molar-refractivity contribution in [2.75, 3.05) is 27.8 Å². The third-order valence-electron chi connectivity index (χ3n) is 6.87. The van der Waals surface area contributed by atoms with Crippen molar-refractivity contribution in [3.05, 3.63) is 12.2 Å². The summed E-state index contributed by atoms with van der Waals surface area (Å²) in [7, 11) is 1.37. The Morgan fingerprint density at radius 2 is 1.33 bits per heavy atom. The maximum atomic E-state index is 12.5. The molecule has 0 fully saturated rings. The minimum absolute atomic E-state index is 0.0284. The van der Waals surface area contributed by atoms with Crippen LogP contribution in [-0.2, 0) is 33.0 Å². The lowest BCUT2D eigenvalue weighted by atomic mass is 10.0. The number of ether oxygens (including phenoxy) is 4. The van der Waals surface area contributed by atoms with Crippen LogP contribution in [-0.4, -0.2) is 66.5 Å². The van der Waals surface area contributed by atoms with E-state index in [-0.39, 0.29) is 24.4 Å². The molecule has 0 saturated heterocycles. The Labute approximate surface area is 221 Å². The van der Waals surface area contributed by atoms with Crippen LogP contribution in [0.3, 0.4) is 0 Å². The Kier molecular flexibility index (Phi) is 19.6. The van der Waals surface area contributed by atoms with Crippen molar-refractivity contribution in [3.63, 3.8) is 0 Å². The molecule has 8 heteroatoms. The largest absolute Gasteiger partial charge is 0.414 e. The molecule has 0 spiro atoms. The molecule has 0 unspecified atom stereocenters. The first-order valence-electron chi connectivity index (χ1n) is 13.5. The number of allylic oxidation sites excluding steroid dienone is 1. The topological polar surface area (TPSA) is 80.3 Å². The van der Waals surface area contributed by atoms with Crippen LogP contribution < -0.4 is 0 Å². The molecule has 0 bridgehead atoms. The van der Waals surface area contributed by atoms with Crippen LogP contribution in [0.1, 0.15) is 91.9 Å². The van der Waals surface area contributed by atoms with Crippen LogP contribution in [0, 0.1) is 0 Å². The van der Waals surface area contributed by atoms with Gasteiger partial charge in [0.2, 0.25) is 0 Å². The zero-order valence-electron chi connectivity index (χ0n) is 24.3. The summed E-state index contributed by atoms with van der Waals surface area (Å²) in [5, 5.41) is 0.262. The number of hydrogen-bond donors (Lipinski definition) is 0. The van der Waals surface area contributed by atoms with Gasteiger partial charge in [0.25, 0.3) is 0 Å². The van der Waals surface area contributed by atoms with Gasteiger partial charge in [0.1, 0.15) is 26.0 Å². The summed E-state index contributed by atoms with van der Waals surface area (Å²) in [6.45, 7) is 13.8. The van der Waals surface area contributed by atoms with Crippen molar-refractivity contribution in [1.29, 1.82) is 0 Å². The van der Waals surface area contributed by atoms with E-state index in [9.17, 15) is 9.59 Å². The fourth-order valence-electron chi connectivity index (χ4n) is 3.80. The molecule has 0 aliphatic rings. The average molecular weight is 531 g/mol. The molecule has 3 atom stereocenters. The molecule has 0 aromatic heterocycles. The zero-order valence-corrected chi connectivity index (χ0v) is 25.3. The number of rotatable bonds is 23. The van der Waals surface area contributed by atoms with Gasteiger partial charge in [-0.15, -0.1) is 0 Å². The lowest BCUT2D eigenvalue weighted by molar-refractivity contribution is -0.168. The molecular formula is C28H54O7Si. The number of hydrogen-bond acceptors (Lipinski definition) is 7. The van der Waals surface area contributed by atoms with E-state index >= 15 is 0 Å². The van der Waals surface area contributed by atoms with E-state index in [2.05, 4.69) is 40.8 Å². The van der Waals surface area contributed by atoms with Gasteiger partial charge in [-0.05, 0) is 50.0 Å². The SMILES string of the molecule is COCO[C@H](C(=O)/C=C/C=O)[C@@H](CCCCCCCCCC[C@H](C)O[Si](C)(C)C(C)(C)C)OCOC. The fraction of sp³-hybridized carbons (Fsp3) is 0.857. The van der Waals surface area contributed by atoms with Crippen molar-refractivity contribution < 1.29 is 33.0 Å². The van der Waals surface area contributed by atoms with Gasteiger partial charge in [-0.25, -0.2) is 0 Å². The predicted molar refractivity (Wildman–Crippen MR) is 148 cm³/mol. The second kappa shape index (κ2) is 20.1. The Balaban J connectivity index is 4.23. The third-order valence-corrected chi connectivity index (χ3v) is 11.5. The van der Waals surface area contributed by atoms with Crippen LogP contribution in [0.5, 0.6) is 0 Å². The number of ketones is 1. The number of methoxy groups -OCH3 is 2. The summed E-state index contributed by atoms with van der Waals surface area (Å²) in [6, 6.07) is 0. The summed E-state index contributed by atoms with van der Waals surface area (Å²) in [5.41, 5.74) is 0. The molecule has 0 radical (unpaired) electrons. The molecule has 0 heterocycles. The molecule has 212 valence electrons. The molecule has 7 nitrogen and oxygen atoms in total. The molecule has 36 heavy (non-hydrogen) atoms. The number of aldehydes is 1. The highest BCUT2D eigenvalue weighted by Crippen LogP contribution is 2.37. The van der Waals surface area contributed by atoms with Crippen molar-refractivity contribution >= 4 is 20.4 Å². The summed E-state index contributed by atoms with van der Waals surface area (Å²) in [4.78, 5) is 23.1. The maximum absolute atomic E-state index is 12.5. The average Bonchev–Trinajstić information content (AvgIpc) is 2.80. The molecule has 0 rings (SSSR count). The van der Waals surface area contributed by atoms with Crippen LogP contribution in [0.25, 0.3) is 0 Å². The summed E-state index contributed by atoms with van der Waals surface area (Å²) in [6.07, 6.45) is 13.2. The van der Waals surface area contributed by atoms with E-state index in [1.54, 1.807) is 0 Å².